The molecule has 2 amide bonds. The molecule has 8 rings (SSSR count). The minimum absolute atomic E-state index is 0.0999. The van der Waals surface area contributed by atoms with Gasteiger partial charge in [-0.2, -0.15) is 0 Å². The van der Waals surface area contributed by atoms with Crippen LogP contribution in [0.25, 0.3) is 11.0 Å². The van der Waals surface area contributed by atoms with Crippen molar-refractivity contribution in [3.63, 3.8) is 0 Å². The van der Waals surface area contributed by atoms with Crippen LogP contribution in [0.3, 0.4) is 0 Å². The molecule has 1 aromatic carbocycles. The number of halogens is 2. The van der Waals surface area contributed by atoms with Gasteiger partial charge >= 0.3 is 5.97 Å². The minimum atomic E-state index is -4.10. The highest BCUT2D eigenvalue weighted by Gasteiger charge is 2.66. The normalized spacial score (nSPS) is 33.7. The number of benzene rings is 1. The average molecular weight is 857 g/mol. The van der Waals surface area contributed by atoms with Crippen molar-refractivity contribution in [1.82, 2.24) is 19.6 Å². The molecule has 13 nitrogen and oxygen atoms in total. The van der Waals surface area contributed by atoms with Gasteiger partial charge in [0.25, 0.3) is 0 Å². The molecule has 4 aliphatic carbocycles. The van der Waals surface area contributed by atoms with Gasteiger partial charge in [-0.25, -0.2) is 27.2 Å². The lowest BCUT2D eigenvalue weighted by atomic mass is 9.77. The van der Waals surface area contributed by atoms with Crippen molar-refractivity contribution in [3.8, 4) is 11.6 Å². The maximum absolute atomic E-state index is 15.0. The van der Waals surface area contributed by atoms with Crippen LogP contribution in [0, 0.1) is 46.3 Å². The van der Waals surface area contributed by atoms with Crippen LogP contribution < -0.4 is 14.2 Å². The Bertz CT molecular complexity index is 2140. The molecule has 1 N–H and O–H groups in total. The van der Waals surface area contributed by atoms with E-state index in [0.717, 1.165) is 44.9 Å². The lowest BCUT2D eigenvalue weighted by Gasteiger charge is -2.36. The van der Waals surface area contributed by atoms with Crippen molar-refractivity contribution in [2.75, 3.05) is 13.7 Å². The van der Waals surface area contributed by atoms with E-state index in [0.29, 0.717) is 47.7 Å². The number of ketones is 1. The highest BCUT2D eigenvalue weighted by Crippen LogP contribution is 2.59. The number of carbonyl (C=O) groups is 4. The van der Waals surface area contributed by atoms with Crippen LogP contribution in [-0.4, -0.2) is 90.4 Å². The van der Waals surface area contributed by atoms with Crippen LogP contribution in [0.4, 0.5) is 8.78 Å². The quantitative estimate of drug-likeness (QED) is 0.300. The first kappa shape index (κ1) is 42.7. The molecule has 0 radical (unpaired) electrons. The van der Waals surface area contributed by atoms with Gasteiger partial charge in [-0.1, -0.05) is 40.5 Å². The summed E-state index contributed by atoms with van der Waals surface area (Å²) in [6.07, 6.45) is 2.68. The Morgan fingerprint density at radius 2 is 1.77 bits per heavy atom. The third kappa shape index (κ3) is 8.22. The molecule has 1 aromatic heterocycles. The molecule has 2 aromatic rings. The summed E-state index contributed by atoms with van der Waals surface area (Å²) in [4.78, 5) is 68.6. The Kier molecular flexibility index (Phi) is 11.4. The zero-order valence-corrected chi connectivity index (χ0v) is 36.0. The average Bonchev–Trinajstić information content (AvgIpc) is 4.07. The standard InChI is InChI=1S/C44H58F2N4O9S/c1-23-35-22-50(37(23)34(51)21-44(20-30(44)39(45)46)42(54)49-60(55,56)27-14-15-27)41(53)29(43(2,3)4)19-36(52)59-38-25-12-11-24(17-25)28(38)9-7-6-8-10-32-40(58-35)48-33-18-26(57-5)13-16-31(33)47-32/h13,16,18,23-25,27-30,35,37-39H,6-12,14-15,17,19-22H2,1-5H3,(H,49,54)/t23-,24-,25+,28-,29-,30+,35+,37+,38-,44-/m1/s1. The highest BCUT2D eigenvalue weighted by atomic mass is 32.2. The first-order valence-electron chi connectivity index (χ1n) is 21.8. The second-order valence-corrected chi connectivity index (χ2v) is 21.5. The number of fused-ring (bicyclic) bond motifs is 9. The third-order valence-corrected chi connectivity index (χ3v) is 16.4. The van der Waals surface area contributed by atoms with Crippen molar-refractivity contribution < 1.29 is 50.6 Å². The Morgan fingerprint density at radius 3 is 2.45 bits per heavy atom. The third-order valence-electron chi connectivity index (χ3n) is 14.6. The molecule has 5 fully saturated rings. The summed E-state index contributed by atoms with van der Waals surface area (Å²) in [6.45, 7) is 7.18. The van der Waals surface area contributed by atoms with E-state index in [1.54, 1.807) is 26.2 Å². The van der Waals surface area contributed by atoms with E-state index in [4.69, 9.17) is 24.2 Å². The number of rotatable bonds is 8. The fraction of sp³-hybridized carbons (Fsp3) is 0.727. The molecule has 2 aliphatic heterocycles. The number of ether oxygens (including phenoxy) is 3. The van der Waals surface area contributed by atoms with E-state index < -0.39 is 92.4 Å². The summed E-state index contributed by atoms with van der Waals surface area (Å²) in [5.74, 6) is -4.10. The van der Waals surface area contributed by atoms with Gasteiger partial charge in [0.2, 0.25) is 34.1 Å². The first-order valence-corrected chi connectivity index (χ1v) is 23.3. The number of hydrogen-bond acceptors (Lipinski definition) is 11. The van der Waals surface area contributed by atoms with E-state index in [9.17, 15) is 31.6 Å². The van der Waals surface area contributed by atoms with Gasteiger partial charge in [-0.05, 0) is 93.1 Å². The van der Waals surface area contributed by atoms with Gasteiger partial charge in [-0.3, -0.25) is 23.9 Å². The van der Waals surface area contributed by atoms with Crippen LogP contribution in [0.2, 0.25) is 0 Å². The number of hydrogen-bond donors (Lipinski definition) is 1. The zero-order chi connectivity index (χ0) is 42.9. The number of esters is 1. The van der Waals surface area contributed by atoms with Crippen molar-refractivity contribution in [2.45, 2.75) is 141 Å². The maximum Gasteiger partial charge on any atom is 0.306 e. The van der Waals surface area contributed by atoms with Crippen LogP contribution in [0.15, 0.2) is 18.2 Å². The summed E-state index contributed by atoms with van der Waals surface area (Å²) in [5.41, 5.74) is -0.941. The van der Waals surface area contributed by atoms with E-state index in [-0.39, 0.29) is 43.2 Å². The summed E-state index contributed by atoms with van der Waals surface area (Å²) >= 11 is 0. The zero-order valence-electron chi connectivity index (χ0n) is 35.2. The van der Waals surface area contributed by atoms with Gasteiger partial charge in [0, 0.05) is 24.3 Å². The maximum atomic E-state index is 15.0. The molecular formula is C44H58F2N4O9S. The van der Waals surface area contributed by atoms with Crippen LogP contribution in [0.5, 0.6) is 11.6 Å². The molecule has 3 heterocycles. The van der Waals surface area contributed by atoms with Crippen molar-refractivity contribution in [3.05, 3.63) is 23.9 Å². The predicted molar refractivity (Wildman–Crippen MR) is 215 cm³/mol. The van der Waals surface area contributed by atoms with Gasteiger partial charge in [0.1, 0.15) is 23.7 Å². The lowest BCUT2D eigenvalue weighted by molar-refractivity contribution is -0.161. The molecule has 328 valence electrons. The van der Waals surface area contributed by atoms with E-state index in [2.05, 4.69) is 0 Å². The minimum Gasteiger partial charge on any atom is -0.497 e. The summed E-state index contributed by atoms with van der Waals surface area (Å²) < 4.78 is 74.8. The number of carbonyl (C=O) groups excluding carboxylic acids is 4. The highest BCUT2D eigenvalue weighted by molar-refractivity contribution is 7.90. The fourth-order valence-corrected chi connectivity index (χ4v) is 12.2. The number of Topliss-reactive ketones (excluding diaryl/α,β-unsaturated/α-hetero) is 1. The Balaban J connectivity index is 1.16. The predicted octanol–water partition coefficient (Wildman–Crippen LogP) is 6.20. The number of alkyl halides is 2. The van der Waals surface area contributed by atoms with Crippen LogP contribution in [0.1, 0.15) is 110 Å². The second kappa shape index (κ2) is 16.1. The van der Waals surface area contributed by atoms with Gasteiger partial charge in [0.05, 0.1) is 53.7 Å². The smallest absolute Gasteiger partial charge is 0.306 e. The molecule has 16 heteroatoms. The Hall–Kier alpha value is -3.95. The summed E-state index contributed by atoms with van der Waals surface area (Å²) in [7, 11) is -2.55. The number of aryl methyl sites for hydroxylation is 1. The van der Waals surface area contributed by atoms with Crippen molar-refractivity contribution in [2.24, 2.45) is 46.3 Å². The molecule has 6 aliphatic rings. The van der Waals surface area contributed by atoms with Gasteiger partial charge < -0.3 is 19.1 Å². The number of sulfonamides is 1. The Morgan fingerprint density at radius 1 is 1.02 bits per heavy atom. The van der Waals surface area contributed by atoms with Crippen molar-refractivity contribution in [1.29, 1.82) is 0 Å². The van der Waals surface area contributed by atoms with Crippen LogP contribution in [-0.2, 0) is 40.4 Å². The van der Waals surface area contributed by atoms with E-state index >= 15 is 4.79 Å². The number of nitrogens with one attached hydrogen (secondary N) is 1. The molecular weight excluding hydrogens is 799 g/mol. The number of methoxy groups -OCH3 is 1. The molecule has 0 spiro atoms. The van der Waals surface area contributed by atoms with Crippen LogP contribution >= 0.6 is 0 Å². The lowest BCUT2D eigenvalue weighted by Crippen LogP contribution is -2.50. The van der Waals surface area contributed by atoms with E-state index in [1.165, 1.54) is 4.90 Å². The Labute approximate surface area is 350 Å². The topological polar surface area (TPSA) is 171 Å². The number of nitrogens with zero attached hydrogens (tertiary/aromatic N) is 3. The first-order chi connectivity index (χ1) is 28.4. The SMILES string of the molecule is COc1ccc2nc3c(nc2c1)O[C@H]1CN(C(=O)[C@H](C(C)(C)C)CC(=O)O[C@@H]2[C@H]4CC[C@H](C4)[C@H]2CCCCC3)[C@H](C(=O)C[C@]2(C(=O)NS(=O)(=O)C3CC3)C[C@H]2C(F)F)[C@@H]1C. The van der Waals surface area contributed by atoms with Crippen molar-refractivity contribution >= 4 is 44.6 Å². The largest absolute Gasteiger partial charge is 0.497 e. The molecule has 4 bridgehead atoms. The molecule has 10 atom stereocenters. The van der Waals surface area contributed by atoms with Gasteiger partial charge in [-0.15, -0.1) is 0 Å². The molecule has 0 unspecified atom stereocenters. The monoisotopic (exact) mass is 856 g/mol. The van der Waals surface area contributed by atoms with E-state index in [1.807, 2.05) is 31.6 Å². The second-order valence-electron chi connectivity index (χ2n) is 19.6. The summed E-state index contributed by atoms with van der Waals surface area (Å²) in [5, 5.41) is -0.780. The number of amides is 2. The number of aromatic nitrogens is 2. The molecule has 60 heavy (non-hydrogen) atoms. The molecule has 1 saturated heterocycles. The van der Waals surface area contributed by atoms with Gasteiger partial charge in [0.15, 0.2) is 5.78 Å². The fourth-order valence-electron chi connectivity index (χ4n) is 10.8. The summed E-state index contributed by atoms with van der Waals surface area (Å²) in [6, 6.07) is 4.14. The molecule has 4 saturated carbocycles.